The summed E-state index contributed by atoms with van der Waals surface area (Å²) in [5.41, 5.74) is 2.51. The van der Waals surface area contributed by atoms with Gasteiger partial charge in [0.15, 0.2) is 0 Å². The highest BCUT2D eigenvalue weighted by atomic mass is 32.2. The summed E-state index contributed by atoms with van der Waals surface area (Å²) in [6.07, 6.45) is 2.45. The zero-order valence-corrected chi connectivity index (χ0v) is 18.4. The molecular weight excluding hydrogens is 417 g/mol. The molecule has 5 nitrogen and oxygen atoms in total. The van der Waals surface area contributed by atoms with Crippen LogP contribution in [0.1, 0.15) is 34.8 Å². The summed E-state index contributed by atoms with van der Waals surface area (Å²) in [6, 6.07) is 21.5. The van der Waals surface area contributed by atoms with Gasteiger partial charge in [0.2, 0.25) is 10.0 Å². The Labute approximate surface area is 182 Å². The van der Waals surface area contributed by atoms with Crippen LogP contribution in [0, 0.1) is 5.82 Å². The standard InChI is InChI=1S/C15H14FNO4S.C9H12/c1-21-15(18)12-4-2-11(3-5-12)10-17-22(19,20)14-8-6-13(16)7-9-14;1-2-6-9-7-4-3-5-8-9/h2-9,17H,10H2,1H3;3-5,7-8H,2,6H2,1H3. The van der Waals surface area contributed by atoms with Crippen LogP contribution in [0.2, 0.25) is 0 Å². The van der Waals surface area contributed by atoms with E-state index in [-0.39, 0.29) is 11.4 Å². The van der Waals surface area contributed by atoms with Crippen molar-refractivity contribution in [1.29, 1.82) is 0 Å². The Kier molecular flexibility index (Phi) is 9.37. The number of methoxy groups -OCH3 is 1. The third-order valence-corrected chi connectivity index (χ3v) is 5.76. The predicted octanol–water partition coefficient (Wildman–Crippen LogP) is 4.73. The predicted molar refractivity (Wildman–Crippen MR) is 119 cm³/mol. The first-order valence-corrected chi connectivity index (χ1v) is 11.3. The summed E-state index contributed by atoms with van der Waals surface area (Å²) >= 11 is 0. The highest BCUT2D eigenvalue weighted by Crippen LogP contribution is 2.11. The Hall–Kier alpha value is -3.03. The number of nitrogens with one attached hydrogen (secondary N) is 1. The molecule has 164 valence electrons. The fraction of sp³-hybridized carbons (Fsp3) is 0.208. The van der Waals surface area contributed by atoms with E-state index in [1.54, 1.807) is 24.3 Å². The molecule has 0 fully saturated rings. The summed E-state index contributed by atoms with van der Waals surface area (Å²) in [7, 11) is -2.43. The molecule has 0 aliphatic rings. The van der Waals surface area contributed by atoms with Gasteiger partial charge in [0, 0.05) is 6.54 Å². The monoisotopic (exact) mass is 443 g/mol. The molecule has 3 rings (SSSR count). The van der Waals surface area contributed by atoms with E-state index in [1.165, 1.54) is 37.6 Å². The quantitative estimate of drug-likeness (QED) is 0.536. The minimum Gasteiger partial charge on any atom is -0.465 e. The second-order valence-electron chi connectivity index (χ2n) is 6.70. The summed E-state index contributed by atoms with van der Waals surface area (Å²) in [4.78, 5) is 11.3. The topological polar surface area (TPSA) is 72.5 Å². The number of carbonyl (C=O) groups excluding carboxylic acids is 1. The van der Waals surface area contributed by atoms with Crippen molar-refractivity contribution in [3.05, 3.63) is 101 Å². The molecule has 3 aromatic carbocycles. The zero-order chi connectivity index (χ0) is 22.7. The Bertz CT molecular complexity index is 1050. The molecule has 0 aliphatic heterocycles. The van der Waals surface area contributed by atoms with Gasteiger partial charge in [-0.3, -0.25) is 0 Å². The SMILES string of the molecule is CCCc1ccccc1.COC(=O)c1ccc(CNS(=O)(=O)c2ccc(F)cc2)cc1. The van der Waals surface area contributed by atoms with Gasteiger partial charge in [-0.05, 0) is 53.9 Å². The highest BCUT2D eigenvalue weighted by Gasteiger charge is 2.13. The van der Waals surface area contributed by atoms with E-state index in [2.05, 4.69) is 46.7 Å². The minimum absolute atomic E-state index is 0.0138. The van der Waals surface area contributed by atoms with Crippen molar-refractivity contribution in [2.75, 3.05) is 7.11 Å². The molecule has 3 aromatic rings. The third kappa shape index (κ3) is 7.96. The molecule has 0 heterocycles. The zero-order valence-electron chi connectivity index (χ0n) is 17.5. The van der Waals surface area contributed by atoms with Gasteiger partial charge in [-0.2, -0.15) is 0 Å². The van der Waals surface area contributed by atoms with Gasteiger partial charge in [-0.15, -0.1) is 0 Å². The lowest BCUT2D eigenvalue weighted by Gasteiger charge is -2.07. The first-order valence-electron chi connectivity index (χ1n) is 9.82. The molecule has 0 spiro atoms. The largest absolute Gasteiger partial charge is 0.465 e. The molecule has 7 heteroatoms. The highest BCUT2D eigenvalue weighted by molar-refractivity contribution is 7.89. The number of sulfonamides is 1. The number of halogens is 1. The number of benzene rings is 3. The lowest BCUT2D eigenvalue weighted by atomic mass is 10.1. The number of ether oxygens (including phenoxy) is 1. The van der Waals surface area contributed by atoms with Gasteiger partial charge in [0.25, 0.3) is 0 Å². The van der Waals surface area contributed by atoms with E-state index < -0.39 is 21.8 Å². The molecule has 0 aliphatic carbocycles. The van der Waals surface area contributed by atoms with E-state index >= 15 is 0 Å². The number of hydrogen-bond acceptors (Lipinski definition) is 4. The number of carbonyl (C=O) groups is 1. The van der Waals surface area contributed by atoms with E-state index in [0.717, 1.165) is 12.1 Å². The molecule has 0 saturated carbocycles. The van der Waals surface area contributed by atoms with Gasteiger partial charge in [0.1, 0.15) is 5.82 Å². The average molecular weight is 444 g/mol. The summed E-state index contributed by atoms with van der Waals surface area (Å²) < 4.78 is 43.9. The Morgan fingerprint density at radius 1 is 0.903 bits per heavy atom. The van der Waals surface area contributed by atoms with Crippen molar-refractivity contribution in [2.45, 2.75) is 31.2 Å². The summed E-state index contributed by atoms with van der Waals surface area (Å²) in [5.74, 6) is -0.962. The summed E-state index contributed by atoms with van der Waals surface area (Å²) in [6.45, 7) is 2.26. The van der Waals surface area contributed by atoms with Crippen molar-refractivity contribution in [2.24, 2.45) is 0 Å². The molecule has 0 unspecified atom stereocenters. The van der Waals surface area contributed by atoms with Crippen LogP contribution in [0.3, 0.4) is 0 Å². The van der Waals surface area contributed by atoms with Crippen LogP contribution in [0.5, 0.6) is 0 Å². The Morgan fingerprint density at radius 2 is 1.52 bits per heavy atom. The van der Waals surface area contributed by atoms with Crippen LogP contribution in [0.4, 0.5) is 4.39 Å². The first-order chi connectivity index (χ1) is 14.9. The molecule has 0 amide bonds. The Balaban J connectivity index is 0.000000316. The number of esters is 1. The minimum atomic E-state index is -3.71. The fourth-order valence-corrected chi connectivity index (χ4v) is 3.70. The smallest absolute Gasteiger partial charge is 0.337 e. The van der Waals surface area contributed by atoms with Crippen LogP contribution in [-0.2, 0) is 27.7 Å². The van der Waals surface area contributed by atoms with Crippen LogP contribution in [-0.4, -0.2) is 21.5 Å². The number of aryl methyl sites for hydroxylation is 1. The molecule has 0 saturated heterocycles. The van der Waals surface area contributed by atoms with E-state index in [0.29, 0.717) is 11.1 Å². The van der Waals surface area contributed by atoms with Crippen molar-refractivity contribution in [3.8, 4) is 0 Å². The lowest BCUT2D eigenvalue weighted by Crippen LogP contribution is -2.23. The van der Waals surface area contributed by atoms with Crippen molar-refractivity contribution in [3.63, 3.8) is 0 Å². The summed E-state index contributed by atoms with van der Waals surface area (Å²) in [5, 5.41) is 0. The molecular formula is C24H26FNO4S. The van der Waals surface area contributed by atoms with Gasteiger partial charge in [0.05, 0.1) is 17.6 Å². The number of hydrogen-bond donors (Lipinski definition) is 1. The van der Waals surface area contributed by atoms with E-state index in [1.807, 2.05) is 0 Å². The normalized spacial score (nSPS) is 10.7. The van der Waals surface area contributed by atoms with Crippen LogP contribution in [0.25, 0.3) is 0 Å². The molecule has 1 N–H and O–H groups in total. The maximum atomic E-state index is 12.8. The Morgan fingerprint density at radius 3 is 2.06 bits per heavy atom. The van der Waals surface area contributed by atoms with Crippen LogP contribution >= 0.6 is 0 Å². The van der Waals surface area contributed by atoms with Crippen molar-refractivity contribution < 1.29 is 22.3 Å². The fourth-order valence-electron chi connectivity index (χ4n) is 2.69. The average Bonchev–Trinajstić information content (AvgIpc) is 2.79. The third-order valence-electron chi connectivity index (χ3n) is 4.35. The van der Waals surface area contributed by atoms with Crippen LogP contribution in [0.15, 0.2) is 83.8 Å². The lowest BCUT2D eigenvalue weighted by molar-refractivity contribution is 0.0600. The van der Waals surface area contributed by atoms with Crippen molar-refractivity contribution in [1.82, 2.24) is 4.72 Å². The van der Waals surface area contributed by atoms with Gasteiger partial charge in [-0.25, -0.2) is 22.3 Å². The van der Waals surface area contributed by atoms with Gasteiger partial charge in [-0.1, -0.05) is 55.8 Å². The first kappa shape index (κ1) is 24.2. The number of rotatable bonds is 7. The van der Waals surface area contributed by atoms with Crippen LogP contribution < -0.4 is 4.72 Å². The maximum Gasteiger partial charge on any atom is 0.337 e. The van der Waals surface area contributed by atoms with E-state index in [4.69, 9.17) is 0 Å². The van der Waals surface area contributed by atoms with Gasteiger partial charge >= 0.3 is 5.97 Å². The van der Waals surface area contributed by atoms with Gasteiger partial charge < -0.3 is 4.74 Å². The molecule has 0 aromatic heterocycles. The maximum absolute atomic E-state index is 12.8. The molecule has 0 atom stereocenters. The molecule has 0 bridgehead atoms. The van der Waals surface area contributed by atoms with Crippen molar-refractivity contribution >= 4 is 16.0 Å². The van der Waals surface area contributed by atoms with E-state index in [9.17, 15) is 17.6 Å². The molecule has 0 radical (unpaired) electrons. The second kappa shape index (κ2) is 12.0. The molecule has 31 heavy (non-hydrogen) atoms. The second-order valence-corrected chi connectivity index (χ2v) is 8.47.